The van der Waals surface area contributed by atoms with Gasteiger partial charge in [0.2, 0.25) is 0 Å². The Morgan fingerprint density at radius 2 is 1.95 bits per heavy atom. The molecule has 2 rings (SSSR count). The highest BCUT2D eigenvalue weighted by molar-refractivity contribution is 5.75. The van der Waals surface area contributed by atoms with Gasteiger partial charge in [-0.05, 0) is 18.7 Å². The second-order valence-electron chi connectivity index (χ2n) is 4.08. The molecule has 4 nitrogen and oxygen atoms in total. The van der Waals surface area contributed by atoms with E-state index in [1.54, 1.807) is 20.5 Å². The zero-order chi connectivity index (χ0) is 13.7. The predicted octanol–water partition coefficient (Wildman–Crippen LogP) is 3.07. The van der Waals surface area contributed by atoms with Crippen molar-refractivity contribution in [1.29, 1.82) is 0 Å². The number of para-hydroxylation sites is 1. The molecule has 0 unspecified atom stereocenters. The smallest absolute Gasteiger partial charge is 0.168 e. The third kappa shape index (κ3) is 2.74. The van der Waals surface area contributed by atoms with Gasteiger partial charge in [0, 0.05) is 11.1 Å². The lowest BCUT2D eigenvalue weighted by atomic mass is 10.0. The molecule has 102 valence electrons. The second kappa shape index (κ2) is 6.29. The minimum absolute atomic E-state index is 0.694. The number of benzene rings is 1. The first-order valence-corrected chi connectivity index (χ1v) is 6.30. The van der Waals surface area contributed by atoms with E-state index >= 15 is 0 Å². The Bertz CT molecular complexity index is 534. The molecule has 0 fully saturated rings. The lowest BCUT2D eigenvalue weighted by molar-refractivity contribution is 0.356. The van der Waals surface area contributed by atoms with E-state index in [1.165, 1.54) is 0 Å². The van der Waals surface area contributed by atoms with E-state index in [9.17, 15) is 0 Å². The summed E-state index contributed by atoms with van der Waals surface area (Å²) in [5.41, 5.74) is 2.00. The van der Waals surface area contributed by atoms with Gasteiger partial charge in [-0.25, -0.2) is 0 Å². The van der Waals surface area contributed by atoms with Gasteiger partial charge in [-0.15, -0.1) is 0 Å². The number of hydrogen-bond donors (Lipinski definition) is 1. The van der Waals surface area contributed by atoms with E-state index in [1.807, 2.05) is 24.3 Å². The quantitative estimate of drug-likeness (QED) is 0.868. The molecule has 0 saturated heterocycles. The van der Waals surface area contributed by atoms with Crippen LogP contribution in [-0.4, -0.2) is 20.8 Å². The van der Waals surface area contributed by atoms with Gasteiger partial charge in [-0.1, -0.05) is 19.1 Å². The highest BCUT2D eigenvalue weighted by atomic mass is 16.5. The summed E-state index contributed by atoms with van der Waals surface area (Å²) in [7, 11) is 3.28. The van der Waals surface area contributed by atoms with E-state index < -0.39 is 0 Å². The molecular formula is C15H19NO3. The summed E-state index contributed by atoms with van der Waals surface area (Å²) >= 11 is 0. The van der Waals surface area contributed by atoms with Crippen molar-refractivity contribution in [2.24, 2.45) is 0 Å². The van der Waals surface area contributed by atoms with Gasteiger partial charge < -0.3 is 19.2 Å². The zero-order valence-electron chi connectivity index (χ0n) is 11.5. The van der Waals surface area contributed by atoms with Crippen molar-refractivity contribution in [3.63, 3.8) is 0 Å². The van der Waals surface area contributed by atoms with Crippen molar-refractivity contribution >= 4 is 0 Å². The van der Waals surface area contributed by atoms with Gasteiger partial charge in [-0.3, -0.25) is 0 Å². The molecular weight excluding hydrogens is 242 g/mol. The molecule has 19 heavy (non-hydrogen) atoms. The minimum atomic E-state index is 0.694. The molecule has 1 aromatic carbocycles. The molecule has 0 aliphatic carbocycles. The molecule has 0 bridgehead atoms. The highest BCUT2D eigenvalue weighted by Crippen LogP contribution is 2.39. The lowest BCUT2D eigenvalue weighted by Crippen LogP contribution is -2.11. The van der Waals surface area contributed by atoms with E-state index in [0.717, 1.165) is 34.9 Å². The Balaban J connectivity index is 2.44. The summed E-state index contributed by atoms with van der Waals surface area (Å²) in [5.74, 6) is 2.34. The average molecular weight is 261 g/mol. The molecule has 4 heteroatoms. The van der Waals surface area contributed by atoms with Crippen molar-refractivity contribution in [2.45, 2.75) is 13.5 Å². The maximum absolute atomic E-state index is 5.54. The van der Waals surface area contributed by atoms with Crippen LogP contribution in [0.2, 0.25) is 0 Å². The highest BCUT2D eigenvalue weighted by Gasteiger charge is 2.16. The molecule has 0 saturated carbocycles. The molecule has 2 aromatic rings. The van der Waals surface area contributed by atoms with E-state index in [4.69, 9.17) is 13.9 Å². The first-order valence-electron chi connectivity index (χ1n) is 6.30. The number of ether oxygens (including phenoxy) is 2. The summed E-state index contributed by atoms with van der Waals surface area (Å²) < 4.78 is 16.3. The maximum atomic E-state index is 5.54. The number of methoxy groups -OCH3 is 2. The van der Waals surface area contributed by atoms with Crippen molar-refractivity contribution in [3.8, 4) is 22.6 Å². The van der Waals surface area contributed by atoms with Crippen molar-refractivity contribution in [3.05, 3.63) is 36.3 Å². The van der Waals surface area contributed by atoms with Gasteiger partial charge >= 0.3 is 0 Å². The summed E-state index contributed by atoms with van der Waals surface area (Å²) in [5, 5.41) is 3.26. The van der Waals surface area contributed by atoms with E-state index in [-0.39, 0.29) is 0 Å². The molecule has 0 aliphatic heterocycles. The number of rotatable bonds is 6. The standard InChI is InChI=1S/C15H19NO3/c1-4-16-10-14-11(8-9-19-14)12-6-5-7-13(17-2)15(12)18-3/h5-9,16H,4,10H2,1-3H3. The van der Waals surface area contributed by atoms with Crippen LogP contribution < -0.4 is 14.8 Å². The van der Waals surface area contributed by atoms with Crippen LogP contribution in [0.4, 0.5) is 0 Å². The van der Waals surface area contributed by atoms with Crippen LogP contribution in [0.15, 0.2) is 34.9 Å². The SMILES string of the molecule is CCNCc1occc1-c1cccc(OC)c1OC. The summed E-state index contributed by atoms with van der Waals surface area (Å²) in [6, 6.07) is 7.78. The third-order valence-electron chi connectivity index (χ3n) is 2.97. The van der Waals surface area contributed by atoms with Gasteiger partial charge in [0.1, 0.15) is 5.76 Å². The fourth-order valence-corrected chi connectivity index (χ4v) is 2.06. The maximum Gasteiger partial charge on any atom is 0.168 e. The normalized spacial score (nSPS) is 10.5. The van der Waals surface area contributed by atoms with Crippen LogP contribution in [0.3, 0.4) is 0 Å². The van der Waals surface area contributed by atoms with Gasteiger partial charge in [-0.2, -0.15) is 0 Å². The first-order chi connectivity index (χ1) is 9.31. The van der Waals surface area contributed by atoms with Gasteiger partial charge in [0.25, 0.3) is 0 Å². The molecule has 0 aliphatic rings. The predicted molar refractivity (Wildman–Crippen MR) is 74.6 cm³/mol. The lowest BCUT2D eigenvalue weighted by Gasteiger charge is -2.12. The molecule has 0 amide bonds. The molecule has 0 spiro atoms. The van der Waals surface area contributed by atoms with Crippen LogP contribution in [0.25, 0.3) is 11.1 Å². The van der Waals surface area contributed by atoms with Crippen LogP contribution in [-0.2, 0) is 6.54 Å². The molecule has 0 atom stereocenters. The Morgan fingerprint density at radius 1 is 1.11 bits per heavy atom. The number of nitrogens with one attached hydrogen (secondary N) is 1. The van der Waals surface area contributed by atoms with Crippen LogP contribution >= 0.6 is 0 Å². The van der Waals surface area contributed by atoms with Crippen LogP contribution in [0, 0.1) is 0 Å². The molecule has 1 heterocycles. The summed E-state index contributed by atoms with van der Waals surface area (Å²) in [6.45, 7) is 3.66. The summed E-state index contributed by atoms with van der Waals surface area (Å²) in [6.07, 6.45) is 1.70. The van der Waals surface area contributed by atoms with E-state index in [2.05, 4.69) is 12.2 Å². The second-order valence-corrected chi connectivity index (χ2v) is 4.08. The zero-order valence-corrected chi connectivity index (χ0v) is 11.5. The Labute approximate surface area is 113 Å². The van der Waals surface area contributed by atoms with Crippen LogP contribution in [0.1, 0.15) is 12.7 Å². The van der Waals surface area contributed by atoms with Crippen molar-refractivity contribution < 1.29 is 13.9 Å². The van der Waals surface area contributed by atoms with Crippen molar-refractivity contribution in [2.75, 3.05) is 20.8 Å². The Kier molecular flexibility index (Phi) is 4.47. The Morgan fingerprint density at radius 3 is 2.63 bits per heavy atom. The molecule has 0 radical (unpaired) electrons. The first kappa shape index (κ1) is 13.5. The van der Waals surface area contributed by atoms with E-state index in [0.29, 0.717) is 6.54 Å². The third-order valence-corrected chi connectivity index (χ3v) is 2.97. The molecule has 1 N–H and O–H groups in total. The summed E-state index contributed by atoms with van der Waals surface area (Å²) in [4.78, 5) is 0. The van der Waals surface area contributed by atoms with Gasteiger partial charge in [0.05, 0.1) is 27.0 Å². The Hall–Kier alpha value is -1.94. The monoisotopic (exact) mass is 261 g/mol. The average Bonchev–Trinajstić information content (AvgIpc) is 2.92. The number of furan rings is 1. The van der Waals surface area contributed by atoms with Crippen LogP contribution in [0.5, 0.6) is 11.5 Å². The minimum Gasteiger partial charge on any atom is -0.493 e. The largest absolute Gasteiger partial charge is 0.493 e. The van der Waals surface area contributed by atoms with Gasteiger partial charge in [0.15, 0.2) is 11.5 Å². The number of hydrogen-bond acceptors (Lipinski definition) is 4. The topological polar surface area (TPSA) is 43.6 Å². The van der Waals surface area contributed by atoms with Crippen molar-refractivity contribution in [1.82, 2.24) is 5.32 Å². The fourth-order valence-electron chi connectivity index (χ4n) is 2.06. The molecule has 1 aromatic heterocycles. The fraction of sp³-hybridized carbons (Fsp3) is 0.333.